The molecule has 0 aliphatic carbocycles. The molecule has 1 aromatic carbocycles. The summed E-state index contributed by atoms with van der Waals surface area (Å²) in [6.45, 7) is 0.859. The molecule has 0 aliphatic rings. The van der Waals surface area contributed by atoms with Gasteiger partial charge in [-0.15, -0.1) is 0 Å². The number of ether oxygens (including phenoxy) is 1. The Kier molecular flexibility index (Phi) is 8.71. The topological polar surface area (TPSA) is 72.0 Å². The van der Waals surface area contributed by atoms with Crippen molar-refractivity contribution in [2.24, 2.45) is 0 Å². The Bertz CT molecular complexity index is 594. The predicted molar refractivity (Wildman–Crippen MR) is 87.2 cm³/mol. The van der Waals surface area contributed by atoms with Crippen LogP contribution in [0.2, 0.25) is 5.02 Å². The number of rotatable bonds is 9. The molecule has 0 atom stereocenters. The lowest BCUT2D eigenvalue weighted by molar-refractivity contribution is -0.643. The van der Waals surface area contributed by atoms with Crippen LogP contribution in [0.3, 0.4) is 0 Å². The maximum absolute atomic E-state index is 12.6. The number of carbonyl (C=O) groups excluding carboxylic acids is 2. The van der Waals surface area contributed by atoms with Crippen LogP contribution < -0.4 is 10.6 Å². The summed E-state index contributed by atoms with van der Waals surface area (Å²) in [5, 5.41) is 3.84. The van der Waals surface area contributed by atoms with Crippen molar-refractivity contribution < 1.29 is 32.8 Å². The van der Waals surface area contributed by atoms with Gasteiger partial charge in [-0.05, 0) is 37.5 Å². The van der Waals surface area contributed by atoms with Crippen molar-refractivity contribution in [2.75, 3.05) is 25.5 Å². The highest BCUT2D eigenvalue weighted by Gasteiger charge is 2.33. The number of alkyl halides is 3. The van der Waals surface area contributed by atoms with E-state index in [1.807, 2.05) is 0 Å². The Balaban J connectivity index is 2.27. The van der Waals surface area contributed by atoms with Crippen LogP contribution in [0.15, 0.2) is 18.2 Å². The largest absolute Gasteiger partial charge is 0.469 e. The van der Waals surface area contributed by atoms with Crippen LogP contribution in [0.5, 0.6) is 0 Å². The number of quaternary nitrogens is 1. The van der Waals surface area contributed by atoms with E-state index >= 15 is 0 Å². The van der Waals surface area contributed by atoms with Crippen molar-refractivity contribution in [2.45, 2.75) is 31.9 Å². The summed E-state index contributed by atoms with van der Waals surface area (Å²) in [4.78, 5) is 22.7. The maximum Gasteiger partial charge on any atom is 0.417 e. The summed E-state index contributed by atoms with van der Waals surface area (Å²) in [6.07, 6.45) is -1.72. The first-order valence-electron chi connectivity index (χ1n) is 7.79. The minimum atomic E-state index is -4.53. The summed E-state index contributed by atoms with van der Waals surface area (Å²) in [6, 6.07) is 3.08. The summed E-state index contributed by atoms with van der Waals surface area (Å²) >= 11 is 5.59. The molecule has 1 aromatic rings. The molecule has 0 bridgehead atoms. The van der Waals surface area contributed by atoms with Gasteiger partial charge in [0.15, 0.2) is 6.54 Å². The molecular weight excluding hydrogens is 361 g/mol. The molecule has 1 rings (SSSR count). The van der Waals surface area contributed by atoms with Gasteiger partial charge in [0.2, 0.25) is 0 Å². The molecule has 1 amide bonds. The zero-order chi connectivity index (χ0) is 18.9. The third-order valence-corrected chi connectivity index (χ3v) is 3.72. The normalized spacial score (nSPS) is 11.2. The van der Waals surface area contributed by atoms with E-state index in [0.29, 0.717) is 13.0 Å². The van der Waals surface area contributed by atoms with Crippen LogP contribution in [-0.4, -0.2) is 32.1 Å². The first-order valence-corrected chi connectivity index (χ1v) is 8.17. The lowest BCUT2D eigenvalue weighted by Crippen LogP contribution is -2.86. The summed E-state index contributed by atoms with van der Waals surface area (Å²) in [5.74, 6) is -0.566. The SMILES string of the molecule is COC(=O)CCCCC[NH2+]CC(=O)Nc1ccc(C(F)(F)F)c(Cl)c1. The van der Waals surface area contributed by atoms with Gasteiger partial charge in [0.1, 0.15) is 0 Å². The van der Waals surface area contributed by atoms with Gasteiger partial charge in [-0.3, -0.25) is 9.59 Å². The fourth-order valence-corrected chi connectivity index (χ4v) is 2.39. The summed E-state index contributed by atoms with van der Waals surface area (Å²) < 4.78 is 42.3. The fourth-order valence-electron chi connectivity index (χ4n) is 2.10. The molecule has 0 saturated carbocycles. The van der Waals surface area contributed by atoms with Crippen LogP contribution in [0.1, 0.15) is 31.2 Å². The predicted octanol–water partition coefficient (Wildman–Crippen LogP) is 2.59. The van der Waals surface area contributed by atoms with Crippen molar-refractivity contribution in [3.63, 3.8) is 0 Å². The lowest BCUT2D eigenvalue weighted by atomic mass is 10.2. The molecule has 0 spiro atoms. The quantitative estimate of drug-likeness (QED) is 0.510. The van der Waals surface area contributed by atoms with Crippen molar-refractivity contribution in [3.8, 4) is 0 Å². The van der Waals surface area contributed by atoms with Crippen molar-refractivity contribution in [1.29, 1.82) is 0 Å². The van der Waals surface area contributed by atoms with E-state index in [1.54, 1.807) is 5.32 Å². The van der Waals surface area contributed by atoms with Crippen molar-refractivity contribution in [1.82, 2.24) is 0 Å². The van der Waals surface area contributed by atoms with E-state index in [-0.39, 0.29) is 24.1 Å². The standard InChI is InChI=1S/C16H20ClF3N2O3/c1-25-15(24)5-3-2-4-8-21-10-14(23)22-11-6-7-12(13(17)9-11)16(18,19)20/h6-7,9,21H,2-5,8,10H2,1H3,(H,22,23)/p+1. The summed E-state index contributed by atoms with van der Waals surface area (Å²) in [7, 11) is 1.35. The molecule has 0 saturated heterocycles. The van der Waals surface area contributed by atoms with Crippen molar-refractivity contribution in [3.05, 3.63) is 28.8 Å². The van der Waals surface area contributed by atoms with E-state index in [0.717, 1.165) is 31.4 Å². The molecule has 0 radical (unpaired) electrons. The van der Waals surface area contributed by atoms with Gasteiger partial charge >= 0.3 is 12.1 Å². The number of nitrogens with two attached hydrogens (primary N) is 1. The van der Waals surface area contributed by atoms with Gasteiger partial charge < -0.3 is 15.4 Å². The molecule has 0 fully saturated rings. The molecule has 3 N–H and O–H groups in total. The van der Waals surface area contributed by atoms with Gasteiger partial charge in [-0.2, -0.15) is 13.2 Å². The molecule has 140 valence electrons. The number of carbonyl (C=O) groups is 2. The molecule has 0 unspecified atom stereocenters. The van der Waals surface area contributed by atoms with Gasteiger partial charge in [0.25, 0.3) is 5.91 Å². The fraction of sp³-hybridized carbons (Fsp3) is 0.500. The van der Waals surface area contributed by atoms with E-state index < -0.39 is 16.8 Å². The average Bonchev–Trinajstić information content (AvgIpc) is 2.52. The highest BCUT2D eigenvalue weighted by molar-refractivity contribution is 6.31. The smallest absolute Gasteiger partial charge is 0.417 e. The Morgan fingerprint density at radius 2 is 1.96 bits per heavy atom. The molecule has 0 aliphatic heterocycles. The van der Waals surface area contributed by atoms with Crippen LogP contribution >= 0.6 is 11.6 Å². The number of amides is 1. The first-order chi connectivity index (χ1) is 11.7. The highest BCUT2D eigenvalue weighted by atomic mass is 35.5. The minimum Gasteiger partial charge on any atom is -0.469 e. The van der Waals surface area contributed by atoms with E-state index in [2.05, 4.69) is 10.1 Å². The Morgan fingerprint density at radius 1 is 1.24 bits per heavy atom. The second kappa shape index (κ2) is 10.2. The number of hydrogen-bond donors (Lipinski definition) is 2. The number of anilines is 1. The Morgan fingerprint density at radius 3 is 2.56 bits per heavy atom. The number of halogens is 4. The Hall–Kier alpha value is -1.80. The summed E-state index contributed by atoms with van der Waals surface area (Å²) in [5.41, 5.74) is -0.722. The van der Waals surface area contributed by atoms with Crippen molar-refractivity contribution >= 4 is 29.2 Å². The third kappa shape index (κ3) is 8.22. The first kappa shape index (κ1) is 21.2. The molecule has 25 heavy (non-hydrogen) atoms. The van der Waals surface area contributed by atoms with E-state index in [9.17, 15) is 22.8 Å². The molecule has 0 heterocycles. The monoisotopic (exact) mass is 381 g/mol. The number of esters is 1. The number of methoxy groups -OCH3 is 1. The van der Waals surface area contributed by atoms with Gasteiger partial charge in [-0.1, -0.05) is 11.6 Å². The zero-order valence-electron chi connectivity index (χ0n) is 13.8. The van der Waals surface area contributed by atoms with Crippen LogP contribution in [0.4, 0.5) is 18.9 Å². The van der Waals surface area contributed by atoms with E-state index in [4.69, 9.17) is 11.6 Å². The van der Waals surface area contributed by atoms with E-state index in [1.165, 1.54) is 13.2 Å². The molecule has 0 aromatic heterocycles. The molecule has 5 nitrogen and oxygen atoms in total. The maximum atomic E-state index is 12.6. The Labute approximate surface area is 148 Å². The number of nitrogens with one attached hydrogen (secondary N) is 1. The van der Waals surface area contributed by atoms with Crippen LogP contribution in [0.25, 0.3) is 0 Å². The molecular formula is C16H21ClF3N2O3+. The molecule has 9 heteroatoms. The number of unbranched alkanes of at least 4 members (excludes halogenated alkanes) is 2. The number of benzene rings is 1. The second-order valence-corrected chi connectivity index (χ2v) is 5.82. The van der Waals surface area contributed by atoms with Gasteiger partial charge in [0, 0.05) is 12.1 Å². The van der Waals surface area contributed by atoms with Crippen LogP contribution in [0, 0.1) is 0 Å². The highest BCUT2D eigenvalue weighted by Crippen LogP contribution is 2.35. The lowest BCUT2D eigenvalue weighted by Gasteiger charge is -2.11. The second-order valence-electron chi connectivity index (χ2n) is 5.41. The third-order valence-electron chi connectivity index (χ3n) is 3.40. The zero-order valence-corrected chi connectivity index (χ0v) is 14.5. The minimum absolute atomic E-state index is 0.148. The van der Waals surface area contributed by atoms with Gasteiger partial charge in [-0.25, -0.2) is 0 Å². The van der Waals surface area contributed by atoms with Crippen LogP contribution in [-0.2, 0) is 20.5 Å². The van der Waals surface area contributed by atoms with Gasteiger partial charge in [0.05, 0.1) is 24.2 Å². The number of hydrogen-bond acceptors (Lipinski definition) is 3. The average molecular weight is 382 g/mol.